The van der Waals surface area contributed by atoms with Crippen LogP contribution in [0.2, 0.25) is 0 Å². The summed E-state index contributed by atoms with van der Waals surface area (Å²) in [7, 11) is 4.64. The third-order valence-corrected chi connectivity index (χ3v) is 2.52. The molecular formula is C13H19NO4. The summed E-state index contributed by atoms with van der Waals surface area (Å²) in [5.41, 5.74) is 0.417. The molecule has 0 aromatic heterocycles. The van der Waals surface area contributed by atoms with E-state index in [0.29, 0.717) is 17.1 Å². The Kier molecular flexibility index (Phi) is 4.97. The van der Waals surface area contributed by atoms with Gasteiger partial charge in [0.15, 0.2) is 11.5 Å². The summed E-state index contributed by atoms with van der Waals surface area (Å²) in [6.45, 7) is 1.89. The molecule has 0 saturated carbocycles. The number of amides is 1. The second-order valence-electron chi connectivity index (χ2n) is 4.08. The second kappa shape index (κ2) is 6.26. The van der Waals surface area contributed by atoms with Gasteiger partial charge in [-0.25, -0.2) is 0 Å². The van der Waals surface area contributed by atoms with Gasteiger partial charge in [-0.2, -0.15) is 0 Å². The van der Waals surface area contributed by atoms with E-state index in [2.05, 4.69) is 0 Å². The summed E-state index contributed by atoms with van der Waals surface area (Å²) in [5.74, 6) is 0.697. The smallest absolute Gasteiger partial charge is 0.257 e. The van der Waals surface area contributed by atoms with E-state index in [9.17, 15) is 9.90 Å². The molecule has 0 radical (unpaired) electrons. The molecule has 1 rings (SSSR count). The molecule has 1 aromatic carbocycles. The third kappa shape index (κ3) is 3.13. The van der Waals surface area contributed by atoms with E-state index in [4.69, 9.17) is 9.47 Å². The van der Waals surface area contributed by atoms with Crippen LogP contribution in [0, 0.1) is 0 Å². The summed E-state index contributed by atoms with van der Waals surface area (Å²) in [6, 6.07) is 5.12. The second-order valence-corrected chi connectivity index (χ2v) is 4.08. The number of para-hydroxylation sites is 1. The van der Waals surface area contributed by atoms with Gasteiger partial charge in [-0.3, -0.25) is 4.79 Å². The molecule has 0 spiro atoms. The average molecular weight is 253 g/mol. The Morgan fingerprint density at radius 2 is 2.06 bits per heavy atom. The number of likely N-dealkylation sites (N-methyl/N-ethyl adjacent to an activating group) is 1. The monoisotopic (exact) mass is 253 g/mol. The fourth-order valence-electron chi connectivity index (χ4n) is 1.74. The molecule has 1 atom stereocenters. The number of hydrogen-bond donors (Lipinski definition) is 1. The first-order valence-electron chi connectivity index (χ1n) is 5.65. The summed E-state index contributed by atoms with van der Waals surface area (Å²) < 4.78 is 10.4. The SMILES string of the molecule is COc1cccc(C(=O)N(C)CC(C)O)c1OC. The van der Waals surface area contributed by atoms with Gasteiger partial charge in [0.1, 0.15) is 0 Å². The lowest BCUT2D eigenvalue weighted by molar-refractivity contribution is 0.0700. The zero-order valence-corrected chi connectivity index (χ0v) is 11.1. The maximum Gasteiger partial charge on any atom is 0.257 e. The van der Waals surface area contributed by atoms with Gasteiger partial charge in [0.25, 0.3) is 5.91 Å². The minimum Gasteiger partial charge on any atom is -0.493 e. The van der Waals surface area contributed by atoms with E-state index < -0.39 is 6.10 Å². The lowest BCUT2D eigenvalue weighted by atomic mass is 10.1. The molecule has 18 heavy (non-hydrogen) atoms. The Bertz CT molecular complexity index is 417. The van der Waals surface area contributed by atoms with Crippen LogP contribution in [0.4, 0.5) is 0 Å². The number of aliphatic hydroxyl groups is 1. The number of carbonyl (C=O) groups is 1. The fourth-order valence-corrected chi connectivity index (χ4v) is 1.74. The first kappa shape index (κ1) is 14.3. The van der Waals surface area contributed by atoms with Crippen LogP contribution in [0.1, 0.15) is 17.3 Å². The highest BCUT2D eigenvalue weighted by Crippen LogP contribution is 2.31. The standard InChI is InChI=1S/C13H19NO4/c1-9(15)8-14(2)13(16)10-6-5-7-11(17-3)12(10)18-4/h5-7,9,15H,8H2,1-4H3. The summed E-state index contributed by atoms with van der Waals surface area (Å²) >= 11 is 0. The number of ether oxygens (including phenoxy) is 2. The first-order valence-corrected chi connectivity index (χ1v) is 5.65. The largest absolute Gasteiger partial charge is 0.493 e. The van der Waals surface area contributed by atoms with Crippen LogP contribution in [-0.4, -0.2) is 49.8 Å². The molecule has 0 heterocycles. The number of aliphatic hydroxyl groups excluding tert-OH is 1. The van der Waals surface area contributed by atoms with Crippen molar-refractivity contribution in [2.24, 2.45) is 0 Å². The molecule has 5 heteroatoms. The van der Waals surface area contributed by atoms with Crippen molar-refractivity contribution >= 4 is 5.91 Å². The van der Waals surface area contributed by atoms with Gasteiger partial charge in [-0.05, 0) is 19.1 Å². The number of methoxy groups -OCH3 is 2. The Hall–Kier alpha value is -1.75. The quantitative estimate of drug-likeness (QED) is 0.855. The van der Waals surface area contributed by atoms with E-state index in [1.165, 1.54) is 19.1 Å². The number of carbonyl (C=O) groups excluding carboxylic acids is 1. The molecule has 0 aliphatic carbocycles. The summed E-state index contributed by atoms with van der Waals surface area (Å²) in [5, 5.41) is 9.30. The van der Waals surface area contributed by atoms with Crippen LogP contribution >= 0.6 is 0 Å². The van der Waals surface area contributed by atoms with Gasteiger partial charge in [-0.15, -0.1) is 0 Å². The van der Waals surface area contributed by atoms with Gasteiger partial charge in [0, 0.05) is 13.6 Å². The van der Waals surface area contributed by atoms with Crippen molar-refractivity contribution in [1.82, 2.24) is 4.90 Å². The molecule has 0 saturated heterocycles. The molecule has 1 N–H and O–H groups in total. The minimum absolute atomic E-state index is 0.216. The molecule has 0 aliphatic rings. The normalized spacial score (nSPS) is 11.8. The fraction of sp³-hybridized carbons (Fsp3) is 0.462. The van der Waals surface area contributed by atoms with Gasteiger partial charge in [-0.1, -0.05) is 6.07 Å². The molecule has 0 bridgehead atoms. The third-order valence-electron chi connectivity index (χ3n) is 2.52. The maximum absolute atomic E-state index is 12.2. The average Bonchev–Trinajstić information content (AvgIpc) is 2.35. The van der Waals surface area contributed by atoms with Crippen molar-refractivity contribution < 1.29 is 19.4 Å². The zero-order valence-electron chi connectivity index (χ0n) is 11.1. The minimum atomic E-state index is -0.574. The molecular weight excluding hydrogens is 234 g/mol. The highest BCUT2D eigenvalue weighted by Gasteiger charge is 2.20. The van der Waals surface area contributed by atoms with Crippen molar-refractivity contribution in [3.05, 3.63) is 23.8 Å². The van der Waals surface area contributed by atoms with Crippen LogP contribution in [-0.2, 0) is 0 Å². The van der Waals surface area contributed by atoms with Gasteiger partial charge < -0.3 is 19.5 Å². The Labute approximate surface area is 107 Å². The van der Waals surface area contributed by atoms with Crippen molar-refractivity contribution in [2.45, 2.75) is 13.0 Å². The van der Waals surface area contributed by atoms with Crippen molar-refractivity contribution in [3.63, 3.8) is 0 Å². The Morgan fingerprint density at radius 1 is 1.39 bits per heavy atom. The predicted molar refractivity (Wildman–Crippen MR) is 68.2 cm³/mol. The molecule has 100 valence electrons. The molecule has 0 aliphatic heterocycles. The predicted octanol–water partition coefficient (Wildman–Crippen LogP) is 1.16. The van der Waals surface area contributed by atoms with Crippen molar-refractivity contribution in [1.29, 1.82) is 0 Å². The van der Waals surface area contributed by atoms with Crippen LogP contribution < -0.4 is 9.47 Å². The maximum atomic E-state index is 12.2. The van der Waals surface area contributed by atoms with Gasteiger partial charge >= 0.3 is 0 Å². The first-order chi connectivity index (χ1) is 8.51. The lowest BCUT2D eigenvalue weighted by Gasteiger charge is -2.20. The highest BCUT2D eigenvalue weighted by molar-refractivity contribution is 5.97. The van der Waals surface area contributed by atoms with E-state index in [1.807, 2.05) is 0 Å². The highest BCUT2D eigenvalue weighted by atomic mass is 16.5. The number of nitrogens with zero attached hydrogens (tertiary/aromatic N) is 1. The summed E-state index contributed by atoms with van der Waals surface area (Å²) in [6.07, 6.45) is -0.574. The van der Waals surface area contributed by atoms with Crippen molar-refractivity contribution in [3.8, 4) is 11.5 Å². The van der Waals surface area contributed by atoms with E-state index in [1.54, 1.807) is 32.2 Å². The van der Waals surface area contributed by atoms with Gasteiger partial charge in [0.2, 0.25) is 0 Å². The topological polar surface area (TPSA) is 59.0 Å². The van der Waals surface area contributed by atoms with Crippen LogP contribution in [0.5, 0.6) is 11.5 Å². The zero-order chi connectivity index (χ0) is 13.7. The molecule has 0 fully saturated rings. The van der Waals surface area contributed by atoms with Crippen LogP contribution in [0.3, 0.4) is 0 Å². The molecule has 1 amide bonds. The molecule has 5 nitrogen and oxygen atoms in total. The van der Waals surface area contributed by atoms with E-state index >= 15 is 0 Å². The van der Waals surface area contributed by atoms with Gasteiger partial charge in [0.05, 0.1) is 25.9 Å². The van der Waals surface area contributed by atoms with Crippen LogP contribution in [0.15, 0.2) is 18.2 Å². The number of hydrogen-bond acceptors (Lipinski definition) is 4. The Morgan fingerprint density at radius 3 is 2.56 bits per heavy atom. The molecule has 1 unspecified atom stereocenters. The van der Waals surface area contributed by atoms with Crippen LogP contribution in [0.25, 0.3) is 0 Å². The molecule has 1 aromatic rings. The van der Waals surface area contributed by atoms with E-state index in [-0.39, 0.29) is 12.5 Å². The van der Waals surface area contributed by atoms with Crippen molar-refractivity contribution in [2.75, 3.05) is 27.8 Å². The lowest BCUT2D eigenvalue weighted by Crippen LogP contribution is -2.33. The Balaban J connectivity index is 3.05. The number of rotatable bonds is 5. The van der Waals surface area contributed by atoms with E-state index in [0.717, 1.165) is 0 Å². The number of benzene rings is 1. The summed E-state index contributed by atoms with van der Waals surface area (Å²) in [4.78, 5) is 13.7.